The summed E-state index contributed by atoms with van der Waals surface area (Å²) >= 11 is 12.9. The molecule has 3 amide bonds. The van der Waals surface area contributed by atoms with Gasteiger partial charge in [-0.15, -0.1) is 0 Å². The number of nitrogens with one attached hydrogen (secondary N) is 1. The average molecular weight is 425 g/mol. The van der Waals surface area contributed by atoms with E-state index in [9.17, 15) is 14.4 Å². The molecular weight excluding hydrogens is 411 g/mol. The van der Waals surface area contributed by atoms with Crippen molar-refractivity contribution in [1.82, 2.24) is 10.2 Å². The first-order chi connectivity index (χ1) is 12.9. The highest BCUT2D eigenvalue weighted by Gasteiger charge is 2.34. The van der Waals surface area contributed by atoms with Crippen molar-refractivity contribution >= 4 is 58.1 Å². The monoisotopic (exact) mass is 424 g/mol. The highest BCUT2D eigenvalue weighted by atomic mass is 35.5. The van der Waals surface area contributed by atoms with Gasteiger partial charge in [-0.3, -0.25) is 19.3 Å². The fourth-order valence-electron chi connectivity index (χ4n) is 2.39. The Balaban J connectivity index is 1.63. The molecule has 1 aromatic heterocycles. The zero-order valence-electron chi connectivity index (χ0n) is 14.1. The number of furan rings is 1. The number of carbonyl (C=O) groups excluding carboxylic acids is 3. The van der Waals surface area contributed by atoms with Crippen LogP contribution in [0.25, 0.3) is 6.08 Å². The molecule has 1 aliphatic heterocycles. The Bertz CT molecular complexity index is 955. The Morgan fingerprint density at radius 2 is 2.04 bits per heavy atom. The second kappa shape index (κ2) is 8.21. The van der Waals surface area contributed by atoms with E-state index in [0.717, 1.165) is 16.7 Å². The maximum Gasteiger partial charge on any atom is 0.293 e. The van der Waals surface area contributed by atoms with Gasteiger partial charge in [-0.1, -0.05) is 35.3 Å². The summed E-state index contributed by atoms with van der Waals surface area (Å²) in [5.41, 5.74) is 0.552. The van der Waals surface area contributed by atoms with E-state index in [0.29, 0.717) is 21.4 Å². The lowest BCUT2D eigenvalue weighted by Gasteiger charge is -2.12. The van der Waals surface area contributed by atoms with Crippen LogP contribution in [0, 0.1) is 6.92 Å². The number of hydrogen-bond acceptors (Lipinski definition) is 5. The Labute approximate surface area is 169 Å². The third-order valence-corrected chi connectivity index (χ3v) is 5.47. The molecule has 0 unspecified atom stereocenters. The number of imide groups is 1. The van der Waals surface area contributed by atoms with E-state index in [4.69, 9.17) is 27.6 Å². The van der Waals surface area contributed by atoms with E-state index in [1.54, 1.807) is 37.3 Å². The molecule has 1 saturated heterocycles. The topological polar surface area (TPSA) is 79.6 Å². The molecule has 27 heavy (non-hydrogen) atoms. The van der Waals surface area contributed by atoms with Crippen LogP contribution in [0.3, 0.4) is 0 Å². The van der Waals surface area contributed by atoms with Crippen LogP contribution in [0.2, 0.25) is 10.0 Å². The van der Waals surface area contributed by atoms with Crippen molar-refractivity contribution in [2.24, 2.45) is 0 Å². The first kappa shape index (κ1) is 19.5. The highest BCUT2D eigenvalue weighted by Crippen LogP contribution is 2.34. The van der Waals surface area contributed by atoms with E-state index >= 15 is 0 Å². The largest absolute Gasteiger partial charge is 0.456 e. The van der Waals surface area contributed by atoms with Crippen molar-refractivity contribution in [1.29, 1.82) is 0 Å². The number of rotatable bonds is 5. The second-order valence-electron chi connectivity index (χ2n) is 5.64. The van der Waals surface area contributed by atoms with Gasteiger partial charge in [0.1, 0.15) is 5.76 Å². The predicted octanol–water partition coefficient (Wildman–Crippen LogP) is 4.36. The van der Waals surface area contributed by atoms with Crippen LogP contribution in [0.1, 0.15) is 21.9 Å². The molecule has 9 heteroatoms. The smallest absolute Gasteiger partial charge is 0.293 e. The summed E-state index contributed by atoms with van der Waals surface area (Å²) in [6, 6.07) is 8.28. The summed E-state index contributed by atoms with van der Waals surface area (Å²) in [4.78, 5) is 37.8. The molecule has 1 aromatic carbocycles. The van der Waals surface area contributed by atoms with Crippen LogP contribution >= 0.6 is 35.0 Å². The SMILES string of the molecule is Cc1ccc(C(=O)NCCN2C(=O)SC(=Cc3cccc(Cl)c3Cl)C2=O)o1. The normalized spacial score (nSPS) is 15.7. The molecule has 3 rings (SSSR count). The number of thioether (sulfide) groups is 1. The van der Waals surface area contributed by atoms with Gasteiger partial charge in [0, 0.05) is 13.1 Å². The molecule has 0 atom stereocenters. The Morgan fingerprint density at radius 1 is 1.26 bits per heavy atom. The lowest BCUT2D eigenvalue weighted by Crippen LogP contribution is -2.37. The lowest BCUT2D eigenvalue weighted by atomic mass is 10.2. The van der Waals surface area contributed by atoms with Gasteiger partial charge < -0.3 is 9.73 Å². The van der Waals surface area contributed by atoms with Crippen molar-refractivity contribution in [3.63, 3.8) is 0 Å². The molecule has 0 spiro atoms. The van der Waals surface area contributed by atoms with E-state index in [-0.39, 0.29) is 23.8 Å². The zero-order valence-corrected chi connectivity index (χ0v) is 16.5. The van der Waals surface area contributed by atoms with Gasteiger partial charge in [0.25, 0.3) is 17.1 Å². The van der Waals surface area contributed by atoms with Crippen molar-refractivity contribution in [2.45, 2.75) is 6.92 Å². The molecule has 2 heterocycles. The zero-order chi connectivity index (χ0) is 19.6. The standard InChI is InChI=1S/C18H14Cl2N2O4S/c1-10-5-6-13(26-10)16(23)21-7-8-22-17(24)14(27-18(22)25)9-11-3-2-4-12(19)15(11)20/h2-6,9H,7-8H2,1H3,(H,21,23). The van der Waals surface area contributed by atoms with Crippen LogP contribution in [-0.2, 0) is 4.79 Å². The summed E-state index contributed by atoms with van der Waals surface area (Å²) < 4.78 is 5.22. The Hall–Kier alpha value is -2.22. The van der Waals surface area contributed by atoms with Crippen molar-refractivity contribution in [3.8, 4) is 0 Å². The summed E-state index contributed by atoms with van der Waals surface area (Å²) in [6.07, 6.45) is 1.53. The maximum absolute atomic E-state index is 12.5. The molecular formula is C18H14Cl2N2O4S. The minimum absolute atomic E-state index is 0.0523. The van der Waals surface area contributed by atoms with E-state index in [2.05, 4.69) is 5.32 Å². The van der Waals surface area contributed by atoms with E-state index in [1.165, 1.54) is 6.08 Å². The Kier molecular flexibility index (Phi) is 5.94. The molecule has 140 valence electrons. The molecule has 1 N–H and O–H groups in total. The summed E-state index contributed by atoms with van der Waals surface area (Å²) in [6.45, 7) is 1.90. The molecule has 6 nitrogen and oxygen atoms in total. The molecule has 0 bridgehead atoms. The van der Waals surface area contributed by atoms with Crippen LogP contribution in [-0.4, -0.2) is 35.0 Å². The predicted molar refractivity (Wildman–Crippen MR) is 105 cm³/mol. The number of hydrogen-bond donors (Lipinski definition) is 1. The third-order valence-electron chi connectivity index (χ3n) is 3.73. The first-order valence-electron chi connectivity index (χ1n) is 7.91. The van der Waals surface area contributed by atoms with Gasteiger partial charge in [-0.05, 0) is 48.5 Å². The van der Waals surface area contributed by atoms with Gasteiger partial charge >= 0.3 is 0 Å². The minimum atomic E-state index is -0.441. The van der Waals surface area contributed by atoms with E-state index in [1.807, 2.05) is 0 Å². The minimum Gasteiger partial charge on any atom is -0.456 e. The first-order valence-corrected chi connectivity index (χ1v) is 9.48. The van der Waals surface area contributed by atoms with Crippen molar-refractivity contribution < 1.29 is 18.8 Å². The van der Waals surface area contributed by atoms with Gasteiger partial charge in [0.2, 0.25) is 0 Å². The number of benzene rings is 1. The lowest BCUT2D eigenvalue weighted by molar-refractivity contribution is -0.122. The third kappa shape index (κ3) is 4.37. The van der Waals surface area contributed by atoms with E-state index < -0.39 is 17.1 Å². The Morgan fingerprint density at radius 3 is 2.74 bits per heavy atom. The van der Waals surface area contributed by atoms with Crippen LogP contribution < -0.4 is 5.32 Å². The molecule has 0 radical (unpaired) electrons. The number of aryl methyl sites for hydroxylation is 1. The average Bonchev–Trinajstić information content (AvgIpc) is 3.17. The second-order valence-corrected chi connectivity index (χ2v) is 7.42. The maximum atomic E-state index is 12.5. The molecule has 2 aromatic rings. The molecule has 0 saturated carbocycles. The molecule has 0 aliphatic carbocycles. The van der Waals surface area contributed by atoms with Crippen LogP contribution in [0.4, 0.5) is 4.79 Å². The van der Waals surface area contributed by atoms with Gasteiger partial charge in [-0.2, -0.15) is 0 Å². The number of halogens is 2. The fourth-order valence-corrected chi connectivity index (χ4v) is 3.61. The van der Waals surface area contributed by atoms with Crippen LogP contribution in [0.15, 0.2) is 39.7 Å². The number of nitrogens with zero attached hydrogens (tertiary/aromatic N) is 1. The van der Waals surface area contributed by atoms with Crippen molar-refractivity contribution in [3.05, 3.63) is 62.4 Å². The van der Waals surface area contributed by atoms with Gasteiger partial charge in [-0.25, -0.2) is 0 Å². The molecule has 1 aliphatic rings. The van der Waals surface area contributed by atoms with Gasteiger partial charge in [0.05, 0.1) is 15.0 Å². The highest BCUT2D eigenvalue weighted by molar-refractivity contribution is 8.18. The van der Waals surface area contributed by atoms with Gasteiger partial charge in [0.15, 0.2) is 5.76 Å². The summed E-state index contributed by atoms with van der Waals surface area (Å²) in [7, 11) is 0. The number of carbonyl (C=O) groups is 3. The quantitative estimate of drug-likeness (QED) is 0.721. The summed E-state index contributed by atoms with van der Waals surface area (Å²) in [5, 5.41) is 2.88. The summed E-state index contributed by atoms with van der Waals surface area (Å²) in [5.74, 6) is -0.0477. The fraction of sp³-hybridized carbons (Fsp3) is 0.167. The van der Waals surface area contributed by atoms with Crippen molar-refractivity contribution in [2.75, 3.05) is 13.1 Å². The number of amides is 3. The van der Waals surface area contributed by atoms with Crippen LogP contribution in [0.5, 0.6) is 0 Å². The molecule has 1 fully saturated rings.